The number of carbonyl (C=O) groups is 1. The Morgan fingerprint density at radius 3 is 2.60 bits per heavy atom. The van der Waals surface area contributed by atoms with Gasteiger partial charge in [0.05, 0.1) is 18.6 Å². The largest absolute Gasteiger partial charge is 0.472 e. The number of benzene rings is 1. The van der Waals surface area contributed by atoms with Crippen molar-refractivity contribution in [1.82, 2.24) is 5.32 Å². The summed E-state index contributed by atoms with van der Waals surface area (Å²) in [5, 5.41) is 12.1. The molecule has 0 aliphatic heterocycles. The molecule has 0 bridgehead atoms. The van der Waals surface area contributed by atoms with Crippen molar-refractivity contribution in [2.75, 3.05) is 6.54 Å². The second-order valence-electron chi connectivity index (χ2n) is 4.21. The number of carbonyl (C=O) groups excluding carboxylic acids is 1. The number of furan rings is 1. The van der Waals surface area contributed by atoms with E-state index in [9.17, 15) is 18.7 Å². The first kappa shape index (κ1) is 14.2. The minimum absolute atomic E-state index is 0.0823. The predicted octanol–water partition coefficient (Wildman–Crippen LogP) is 2.41. The zero-order valence-corrected chi connectivity index (χ0v) is 10.5. The van der Waals surface area contributed by atoms with Gasteiger partial charge >= 0.3 is 0 Å². The maximum atomic E-state index is 13.3. The van der Waals surface area contributed by atoms with Gasteiger partial charge in [0.1, 0.15) is 17.2 Å². The van der Waals surface area contributed by atoms with Crippen LogP contribution in [-0.4, -0.2) is 17.6 Å². The second-order valence-corrected chi connectivity index (χ2v) is 4.21. The maximum Gasteiger partial charge on any atom is 0.257 e. The van der Waals surface area contributed by atoms with Crippen molar-refractivity contribution in [2.24, 2.45) is 0 Å². The van der Waals surface area contributed by atoms with Crippen LogP contribution in [0.4, 0.5) is 8.78 Å². The Morgan fingerprint density at radius 2 is 2.00 bits per heavy atom. The molecule has 1 heterocycles. The van der Waals surface area contributed by atoms with Gasteiger partial charge in [-0.15, -0.1) is 0 Å². The van der Waals surface area contributed by atoms with E-state index in [0.29, 0.717) is 5.56 Å². The molecule has 0 saturated carbocycles. The first-order valence-corrected chi connectivity index (χ1v) is 6.02. The third-order valence-corrected chi connectivity index (χ3v) is 2.82. The number of hydrogen-bond acceptors (Lipinski definition) is 3. The van der Waals surface area contributed by atoms with Crippen LogP contribution < -0.4 is 5.32 Å². The Morgan fingerprint density at radius 1 is 1.30 bits per heavy atom. The molecular formula is C14H13F2NO3. The van der Waals surface area contributed by atoms with E-state index in [-0.39, 0.29) is 13.0 Å². The van der Waals surface area contributed by atoms with Crippen LogP contribution in [0.2, 0.25) is 0 Å². The van der Waals surface area contributed by atoms with Gasteiger partial charge in [-0.2, -0.15) is 0 Å². The number of hydrogen-bond donors (Lipinski definition) is 2. The van der Waals surface area contributed by atoms with Crippen LogP contribution in [0.15, 0.2) is 41.2 Å². The number of aliphatic hydroxyl groups excluding tert-OH is 1. The summed E-state index contributed by atoms with van der Waals surface area (Å²) in [5.41, 5.74) is -0.0402. The molecule has 0 saturated heterocycles. The maximum absolute atomic E-state index is 13.3. The van der Waals surface area contributed by atoms with Crippen LogP contribution in [0.25, 0.3) is 0 Å². The SMILES string of the molecule is O=C(NCC[C@H](O)c1ccoc1)c1c(F)cccc1F. The Hall–Kier alpha value is -2.21. The fourth-order valence-corrected chi connectivity index (χ4v) is 1.76. The van der Waals surface area contributed by atoms with Crippen molar-refractivity contribution in [3.63, 3.8) is 0 Å². The van der Waals surface area contributed by atoms with Crippen molar-refractivity contribution in [1.29, 1.82) is 0 Å². The van der Waals surface area contributed by atoms with Crippen LogP contribution >= 0.6 is 0 Å². The number of rotatable bonds is 5. The summed E-state index contributed by atoms with van der Waals surface area (Å²) >= 11 is 0. The Labute approximate surface area is 114 Å². The van der Waals surface area contributed by atoms with Gasteiger partial charge in [0.15, 0.2) is 0 Å². The van der Waals surface area contributed by atoms with E-state index < -0.39 is 29.2 Å². The molecule has 0 fully saturated rings. The zero-order valence-electron chi connectivity index (χ0n) is 10.5. The van der Waals surface area contributed by atoms with Crippen molar-refractivity contribution in [2.45, 2.75) is 12.5 Å². The minimum atomic E-state index is -0.919. The Balaban J connectivity index is 1.90. The van der Waals surface area contributed by atoms with Gasteiger partial charge < -0.3 is 14.8 Å². The third kappa shape index (κ3) is 3.21. The predicted molar refractivity (Wildman–Crippen MR) is 67.0 cm³/mol. The van der Waals surface area contributed by atoms with E-state index in [0.717, 1.165) is 12.1 Å². The van der Waals surface area contributed by atoms with Crippen LogP contribution in [0, 0.1) is 11.6 Å². The normalized spacial score (nSPS) is 12.2. The van der Waals surface area contributed by atoms with Gasteiger partial charge in [0.2, 0.25) is 0 Å². The third-order valence-electron chi connectivity index (χ3n) is 2.82. The molecule has 1 amide bonds. The number of aliphatic hydroxyl groups is 1. The molecule has 2 aromatic rings. The summed E-state index contributed by atoms with van der Waals surface area (Å²) in [7, 11) is 0. The van der Waals surface area contributed by atoms with E-state index in [1.807, 2.05) is 0 Å². The van der Waals surface area contributed by atoms with Crippen molar-refractivity contribution in [3.8, 4) is 0 Å². The van der Waals surface area contributed by atoms with Gasteiger partial charge in [-0.05, 0) is 24.6 Å². The van der Waals surface area contributed by atoms with Crippen LogP contribution in [0.1, 0.15) is 28.4 Å². The van der Waals surface area contributed by atoms with Gasteiger partial charge in [0, 0.05) is 12.1 Å². The van der Waals surface area contributed by atoms with E-state index in [4.69, 9.17) is 4.42 Å². The summed E-state index contributed by atoms with van der Waals surface area (Å²) < 4.78 is 31.5. The van der Waals surface area contributed by atoms with Crippen molar-refractivity contribution >= 4 is 5.91 Å². The highest BCUT2D eigenvalue weighted by Gasteiger charge is 2.17. The summed E-state index contributed by atoms with van der Waals surface area (Å²) in [5.74, 6) is -2.68. The lowest BCUT2D eigenvalue weighted by atomic mass is 10.1. The highest BCUT2D eigenvalue weighted by molar-refractivity contribution is 5.94. The van der Waals surface area contributed by atoms with Crippen molar-refractivity contribution in [3.05, 3.63) is 59.6 Å². The molecule has 0 aliphatic carbocycles. The summed E-state index contributed by atoms with van der Waals surface area (Å²) in [6, 6.07) is 4.81. The minimum Gasteiger partial charge on any atom is -0.472 e. The van der Waals surface area contributed by atoms with Gasteiger partial charge in [0.25, 0.3) is 5.91 Å². The van der Waals surface area contributed by atoms with Gasteiger partial charge in [-0.25, -0.2) is 8.78 Å². The molecule has 0 spiro atoms. The number of nitrogens with one attached hydrogen (secondary N) is 1. The van der Waals surface area contributed by atoms with Crippen LogP contribution in [0.3, 0.4) is 0 Å². The molecule has 2 N–H and O–H groups in total. The molecule has 0 aliphatic rings. The molecule has 1 aromatic heterocycles. The average molecular weight is 281 g/mol. The molecule has 6 heteroatoms. The number of halogens is 2. The molecule has 1 aromatic carbocycles. The molecule has 1 atom stereocenters. The Bertz CT molecular complexity index is 564. The summed E-state index contributed by atoms with van der Waals surface area (Å²) in [6.07, 6.45) is 2.22. The summed E-state index contributed by atoms with van der Waals surface area (Å²) in [4.78, 5) is 11.7. The zero-order chi connectivity index (χ0) is 14.5. The fraction of sp³-hybridized carbons (Fsp3) is 0.214. The molecule has 0 unspecified atom stereocenters. The standard InChI is InChI=1S/C14H13F2NO3/c15-10-2-1-3-11(16)13(10)14(19)17-6-4-12(18)9-5-7-20-8-9/h1-3,5,7-8,12,18H,4,6H2,(H,17,19)/t12-/m0/s1. The quantitative estimate of drug-likeness (QED) is 0.884. The average Bonchev–Trinajstić information content (AvgIpc) is 2.92. The topological polar surface area (TPSA) is 62.5 Å². The molecule has 20 heavy (non-hydrogen) atoms. The second kappa shape index (κ2) is 6.29. The lowest BCUT2D eigenvalue weighted by molar-refractivity contribution is 0.0934. The fourth-order valence-electron chi connectivity index (χ4n) is 1.76. The monoisotopic (exact) mass is 281 g/mol. The molecule has 0 radical (unpaired) electrons. The van der Waals surface area contributed by atoms with Gasteiger partial charge in [-0.1, -0.05) is 6.07 Å². The lowest BCUT2D eigenvalue weighted by Crippen LogP contribution is -2.27. The van der Waals surface area contributed by atoms with E-state index in [2.05, 4.69) is 5.32 Å². The Kier molecular flexibility index (Phi) is 4.47. The molecule has 4 nitrogen and oxygen atoms in total. The first-order chi connectivity index (χ1) is 9.59. The molecular weight excluding hydrogens is 268 g/mol. The van der Waals surface area contributed by atoms with Crippen molar-refractivity contribution < 1.29 is 23.1 Å². The van der Waals surface area contributed by atoms with E-state index >= 15 is 0 Å². The highest BCUT2D eigenvalue weighted by atomic mass is 19.1. The smallest absolute Gasteiger partial charge is 0.257 e. The number of amides is 1. The van der Waals surface area contributed by atoms with E-state index in [1.54, 1.807) is 6.07 Å². The van der Waals surface area contributed by atoms with E-state index in [1.165, 1.54) is 18.6 Å². The summed E-state index contributed by atoms with van der Waals surface area (Å²) in [6.45, 7) is 0.0823. The highest BCUT2D eigenvalue weighted by Crippen LogP contribution is 2.16. The lowest BCUT2D eigenvalue weighted by Gasteiger charge is -2.10. The molecule has 2 rings (SSSR count). The first-order valence-electron chi connectivity index (χ1n) is 6.02. The van der Waals surface area contributed by atoms with Crippen LogP contribution in [0.5, 0.6) is 0 Å². The van der Waals surface area contributed by atoms with Crippen LogP contribution in [-0.2, 0) is 0 Å². The van der Waals surface area contributed by atoms with Gasteiger partial charge in [-0.3, -0.25) is 4.79 Å². The molecule has 106 valence electrons.